The highest BCUT2D eigenvalue weighted by atomic mass is 32.1. The second-order valence-electron chi connectivity index (χ2n) is 6.61. The Morgan fingerprint density at radius 3 is 2.68 bits per heavy atom. The molecule has 1 N–H and O–H groups in total. The molecule has 5 heterocycles. The maximum Gasteiger partial charge on any atom is 0.293 e. The van der Waals surface area contributed by atoms with E-state index in [4.69, 9.17) is 13.9 Å². The number of amides is 1. The normalized spacial score (nSPS) is 27.9. The topological polar surface area (TPSA) is 63.9 Å². The van der Waals surface area contributed by atoms with Gasteiger partial charge in [-0.3, -0.25) is 9.69 Å². The summed E-state index contributed by atoms with van der Waals surface area (Å²) in [6, 6.07) is 7.59. The van der Waals surface area contributed by atoms with Crippen molar-refractivity contribution < 1.29 is 18.7 Å². The molecule has 7 heteroatoms. The maximum atomic E-state index is 12.6. The Morgan fingerprint density at radius 2 is 2.00 bits per heavy atom. The van der Waals surface area contributed by atoms with Gasteiger partial charge >= 0.3 is 0 Å². The van der Waals surface area contributed by atoms with Crippen LogP contribution in [0.3, 0.4) is 0 Å². The van der Waals surface area contributed by atoms with Crippen LogP contribution in [0, 0.1) is 5.92 Å². The number of hydrogen-bond acceptors (Lipinski definition) is 6. The number of hydrogen-bond donors (Lipinski definition) is 1. The van der Waals surface area contributed by atoms with Crippen molar-refractivity contribution in [3.8, 4) is 17.0 Å². The number of methoxy groups -OCH3 is 1. The molecule has 0 aromatic carbocycles. The van der Waals surface area contributed by atoms with E-state index >= 15 is 0 Å². The van der Waals surface area contributed by atoms with E-state index in [0.29, 0.717) is 33.8 Å². The molecule has 2 aromatic rings. The number of furan rings is 1. The number of fused-ring (bicyclic) bond motifs is 3. The van der Waals surface area contributed by atoms with Crippen LogP contribution in [-0.2, 0) is 0 Å². The number of ether oxygens (including phenoxy) is 2. The van der Waals surface area contributed by atoms with Crippen LogP contribution in [-0.4, -0.2) is 43.1 Å². The lowest BCUT2D eigenvalue weighted by molar-refractivity contribution is 0.0218. The molecule has 134 valence electrons. The van der Waals surface area contributed by atoms with Crippen molar-refractivity contribution in [3.05, 3.63) is 29.1 Å². The van der Waals surface area contributed by atoms with Crippen LogP contribution >= 0.6 is 11.3 Å². The van der Waals surface area contributed by atoms with Gasteiger partial charge in [-0.05, 0) is 50.9 Å². The average Bonchev–Trinajstić information content (AvgIpc) is 3.28. The van der Waals surface area contributed by atoms with Gasteiger partial charge in [0.25, 0.3) is 17.8 Å². The van der Waals surface area contributed by atoms with Crippen LogP contribution in [0.25, 0.3) is 0 Å². The van der Waals surface area contributed by atoms with Crippen molar-refractivity contribution in [2.24, 2.45) is 5.92 Å². The van der Waals surface area contributed by atoms with E-state index in [2.05, 4.69) is 17.1 Å². The number of carbonyl (C=O) groups is 1. The summed E-state index contributed by atoms with van der Waals surface area (Å²) in [5, 5.41) is 3.85. The Kier molecular flexibility index (Phi) is 4.43. The Labute approximate surface area is 150 Å². The quantitative estimate of drug-likeness (QED) is 0.884. The van der Waals surface area contributed by atoms with Crippen molar-refractivity contribution in [2.75, 3.05) is 20.2 Å². The molecular weight excluding hydrogens is 340 g/mol. The van der Waals surface area contributed by atoms with Crippen molar-refractivity contribution in [1.29, 1.82) is 0 Å². The highest BCUT2D eigenvalue weighted by Crippen LogP contribution is 2.34. The smallest absolute Gasteiger partial charge is 0.293 e. The van der Waals surface area contributed by atoms with Gasteiger partial charge in [0.05, 0.1) is 12.0 Å². The summed E-state index contributed by atoms with van der Waals surface area (Å²) in [4.78, 5) is 15.8. The minimum atomic E-state index is -0.0255. The van der Waals surface area contributed by atoms with Gasteiger partial charge in [-0.15, -0.1) is 0 Å². The lowest BCUT2D eigenvalue weighted by Gasteiger charge is -2.49. The third-order valence-corrected chi connectivity index (χ3v) is 6.20. The van der Waals surface area contributed by atoms with E-state index in [1.165, 1.54) is 31.3 Å². The number of piperidine rings is 3. The molecule has 0 saturated carbocycles. The molecular formula is C18H22N2O4S. The first-order chi connectivity index (χ1) is 12.1. The predicted octanol–water partition coefficient (Wildman–Crippen LogP) is 3.35. The number of thiophene rings is 1. The van der Waals surface area contributed by atoms with E-state index in [1.54, 1.807) is 24.3 Å². The lowest BCUT2D eigenvalue weighted by atomic mass is 9.79. The summed E-state index contributed by atoms with van der Waals surface area (Å²) in [5.74, 6) is 1.30. The zero-order valence-corrected chi connectivity index (χ0v) is 15.2. The molecule has 3 fully saturated rings. The largest absolute Gasteiger partial charge is 0.468 e. The minimum Gasteiger partial charge on any atom is -0.468 e. The fraction of sp³-hybridized carbons (Fsp3) is 0.500. The molecule has 2 atom stereocenters. The standard InChI is InChI=1S/C18H22N2O4S/c1-11-17(12-7-9-20(11)10-8-12)19-18(21)13-3-6-16(25-13)24-15-5-4-14(22-2)23-15/h3-6,11-12,17H,7-10H2,1-2H3,(H,19,21). The van der Waals surface area contributed by atoms with Gasteiger partial charge in [0.1, 0.15) is 0 Å². The Balaban J connectivity index is 1.40. The van der Waals surface area contributed by atoms with Gasteiger partial charge in [0.2, 0.25) is 0 Å². The van der Waals surface area contributed by atoms with Crippen molar-refractivity contribution in [3.63, 3.8) is 0 Å². The zero-order valence-electron chi connectivity index (χ0n) is 14.4. The van der Waals surface area contributed by atoms with Crippen molar-refractivity contribution >= 4 is 17.2 Å². The van der Waals surface area contributed by atoms with Crippen LogP contribution in [0.15, 0.2) is 28.7 Å². The van der Waals surface area contributed by atoms with Crippen LogP contribution in [0.4, 0.5) is 0 Å². The molecule has 2 aromatic heterocycles. The summed E-state index contributed by atoms with van der Waals surface area (Å²) in [6.07, 6.45) is 2.35. The van der Waals surface area contributed by atoms with E-state index in [1.807, 2.05) is 0 Å². The van der Waals surface area contributed by atoms with Gasteiger partial charge in [-0.25, -0.2) is 0 Å². The number of rotatable bonds is 5. The zero-order chi connectivity index (χ0) is 17.4. The fourth-order valence-corrected chi connectivity index (χ4v) is 4.60. The molecule has 3 saturated heterocycles. The molecule has 0 aliphatic carbocycles. The predicted molar refractivity (Wildman–Crippen MR) is 94.7 cm³/mol. The second kappa shape index (κ2) is 6.72. The molecule has 6 nitrogen and oxygen atoms in total. The summed E-state index contributed by atoms with van der Waals surface area (Å²) >= 11 is 1.31. The van der Waals surface area contributed by atoms with E-state index < -0.39 is 0 Å². The van der Waals surface area contributed by atoms with Crippen molar-refractivity contribution in [2.45, 2.75) is 31.8 Å². The van der Waals surface area contributed by atoms with Crippen molar-refractivity contribution in [1.82, 2.24) is 10.2 Å². The van der Waals surface area contributed by atoms with E-state index in [-0.39, 0.29) is 11.9 Å². The molecule has 2 unspecified atom stereocenters. The van der Waals surface area contributed by atoms with E-state index in [9.17, 15) is 4.79 Å². The van der Waals surface area contributed by atoms with Gasteiger partial charge < -0.3 is 19.2 Å². The average molecular weight is 362 g/mol. The highest BCUT2D eigenvalue weighted by Gasteiger charge is 2.40. The fourth-order valence-electron chi connectivity index (χ4n) is 3.83. The first kappa shape index (κ1) is 16.5. The molecule has 3 aliphatic rings. The monoisotopic (exact) mass is 362 g/mol. The first-order valence-electron chi connectivity index (χ1n) is 8.60. The maximum absolute atomic E-state index is 12.6. The van der Waals surface area contributed by atoms with Gasteiger partial charge in [-0.2, -0.15) is 0 Å². The van der Waals surface area contributed by atoms with Gasteiger partial charge in [0, 0.05) is 24.2 Å². The molecule has 5 rings (SSSR count). The highest BCUT2D eigenvalue weighted by molar-refractivity contribution is 7.15. The number of nitrogens with zero attached hydrogens (tertiary/aromatic N) is 1. The van der Waals surface area contributed by atoms with Crippen LogP contribution < -0.4 is 14.8 Å². The minimum absolute atomic E-state index is 0.0255. The summed E-state index contributed by atoms with van der Waals surface area (Å²) in [6.45, 7) is 4.52. The SMILES string of the molecule is COc1ccc(Oc2ccc(C(=O)NC3C4CCN(CC4)C3C)s2)o1. The summed E-state index contributed by atoms with van der Waals surface area (Å²) in [7, 11) is 1.53. The van der Waals surface area contributed by atoms with Crippen LogP contribution in [0.1, 0.15) is 29.4 Å². The molecule has 0 radical (unpaired) electrons. The first-order valence-corrected chi connectivity index (χ1v) is 9.42. The molecule has 1 amide bonds. The lowest BCUT2D eigenvalue weighted by Crippen LogP contribution is -2.62. The molecule has 25 heavy (non-hydrogen) atoms. The van der Waals surface area contributed by atoms with Gasteiger partial charge in [0.15, 0.2) is 5.06 Å². The third kappa shape index (κ3) is 3.26. The van der Waals surface area contributed by atoms with Crippen LogP contribution in [0.2, 0.25) is 0 Å². The molecule has 3 aliphatic heterocycles. The molecule has 2 bridgehead atoms. The van der Waals surface area contributed by atoms with E-state index in [0.717, 1.165) is 13.1 Å². The van der Waals surface area contributed by atoms with Gasteiger partial charge in [-0.1, -0.05) is 11.3 Å². The Bertz CT molecular complexity index is 746. The third-order valence-electron chi connectivity index (χ3n) is 5.24. The number of nitrogens with one attached hydrogen (secondary N) is 1. The molecule has 0 spiro atoms. The Hall–Kier alpha value is -1.99. The Morgan fingerprint density at radius 1 is 1.24 bits per heavy atom. The summed E-state index contributed by atoms with van der Waals surface area (Å²) < 4.78 is 16.0. The number of carbonyl (C=O) groups excluding carboxylic acids is 1. The second-order valence-corrected chi connectivity index (χ2v) is 7.66. The van der Waals surface area contributed by atoms with Crippen LogP contribution in [0.5, 0.6) is 17.0 Å². The summed E-state index contributed by atoms with van der Waals surface area (Å²) in [5.41, 5.74) is 0.